The van der Waals surface area contributed by atoms with E-state index in [4.69, 9.17) is 9.05 Å². The van der Waals surface area contributed by atoms with Gasteiger partial charge in [0.05, 0.1) is 39.9 Å². The van der Waals surface area contributed by atoms with Crippen molar-refractivity contribution in [2.45, 2.75) is 353 Å². The Balaban J connectivity index is 4.02. The molecule has 9 heteroatoms. The molecule has 0 bridgehead atoms. The molecule has 3 atom stereocenters. The van der Waals surface area contributed by atoms with Crippen LogP contribution in [-0.2, 0) is 18.4 Å². The highest BCUT2D eigenvalue weighted by Crippen LogP contribution is 2.43. The molecule has 77 heavy (non-hydrogen) atoms. The Hall–Kier alpha value is -1.28. The molecule has 456 valence electrons. The van der Waals surface area contributed by atoms with Crippen LogP contribution in [0.4, 0.5) is 0 Å². The molecular weight excluding hydrogens is 972 g/mol. The summed E-state index contributed by atoms with van der Waals surface area (Å²) >= 11 is 0. The highest BCUT2D eigenvalue weighted by molar-refractivity contribution is 7.47. The summed E-state index contributed by atoms with van der Waals surface area (Å²) in [5.74, 6) is -0.181. The number of carbonyl (C=O) groups is 1. The molecule has 0 fully saturated rings. The molecule has 0 spiro atoms. The smallest absolute Gasteiger partial charge is 0.387 e. The van der Waals surface area contributed by atoms with Crippen LogP contribution >= 0.6 is 7.82 Å². The SMILES string of the molecule is CCCCCCCCCCCCCCCC/C=C\CCCCCCCCCCCCCCCCCCCC(=O)NC(COP(=O)(O)OCC[N+](C)(C)C)C(O)/C=C/CC/C=C/CCCCCCCCCCCCCCCC. The van der Waals surface area contributed by atoms with Crippen molar-refractivity contribution in [1.82, 2.24) is 5.32 Å². The fraction of sp³-hybridized carbons (Fsp3) is 0.897. The summed E-state index contributed by atoms with van der Waals surface area (Å²) in [5.41, 5.74) is 0. The van der Waals surface area contributed by atoms with Gasteiger partial charge >= 0.3 is 7.82 Å². The summed E-state index contributed by atoms with van der Waals surface area (Å²) in [5, 5.41) is 14.0. The number of phosphoric ester groups is 1. The number of nitrogens with one attached hydrogen (secondary N) is 1. The second kappa shape index (κ2) is 59.3. The molecule has 0 aromatic carbocycles. The van der Waals surface area contributed by atoms with Gasteiger partial charge in [-0.05, 0) is 57.8 Å². The van der Waals surface area contributed by atoms with E-state index >= 15 is 0 Å². The van der Waals surface area contributed by atoms with Crippen LogP contribution in [0.25, 0.3) is 0 Å². The Morgan fingerprint density at radius 3 is 1.04 bits per heavy atom. The molecule has 3 unspecified atom stereocenters. The van der Waals surface area contributed by atoms with Crippen LogP contribution in [0.15, 0.2) is 36.5 Å². The Morgan fingerprint density at radius 1 is 0.429 bits per heavy atom. The van der Waals surface area contributed by atoms with Crippen molar-refractivity contribution in [2.75, 3.05) is 40.9 Å². The largest absolute Gasteiger partial charge is 0.472 e. The topological polar surface area (TPSA) is 105 Å². The molecule has 0 heterocycles. The molecule has 0 aliphatic carbocycles. The quantitative estimate of drug-likeness (QED) is 0.0243. The van der Waals surface area contributed by atoms with Crippen LogP contribution in [0.1, 0.15) is 341 Å². The van der Waals surface area contributed by atoms with Gasteiger partial charge in [0.1, 0.15) is 13.2 Å². The van der Waals surface area contributed by atoms with E-state index in [1.807, 2.05) is 27.2 Å². The van der Waals surface area contributed by atoms with Gasteiger partial charge in [0.25, 0.3) is 0 Å². The van der Waals surface area contributed by atoms with Gasteiger partial charge in [-0.15, -0.1) is 0 Å². The zero-order valence-electron chi connectivity index (χ0n) is 52.2. The molecule has 0 aromatic heterocycles. The Labute approximate surface area is 480 Å². The van der Waals surface area contributed by atoms with Crippen LogP contribution in [0, 0.1) is 0 Å². The van der Waals surface area contributed by atoms with Crippen LogP contribution in [0.2, 0.25) is 0 Å². The molecule has 3 N–H and O–H groups in total. The predicted octanol–water partition coefficient (Wildman–Crippen LogP) is 21.3. The first-order valence-electron chi connectivity index (χ1n) is 33.9. The summed E-state index contributed by atoms with van der Waals surface area (Å²) in [6.07, 6.45) is 78.7. The summed E-state index contributed by atoms with van der Waals surface area (Å²) in [6.45, 7) is 4.85. The van der Waals surface area contributed by atoms with Crippen molar-refractivity contribution in [1.29, 1.82) is 0 Å². The number of nitrogens with zero attached hydrogens (tertiary/aromatic N) is 1. The number of unbranched alkanes of at least 4 members (excludes halogenated alkanes) is 46. The van der Waals surface area contributed by atoms with Crippen LogP contribution in [-0.4, -0.2) is 73.4 Å². The number of quaternary nitrogens is 1. The van der Waals surface area contributed by atoms with E-state index in [9.17, 15) is 19.4 Å². The second-order valence-electron chi connectivity index (χ2n) is 24.5. The number of hydrogen-bond acceptors (Lipinski definition) is 5. The molecule has 0 saturated heterocycles. The monoisotopic (exact) mass is 1110 g/mol. The normalized spacial score (nSPS) is 13.9. The minimum atomic E-state index is -4.36. The molecule has 8 nitrogen and oxygen atoms in total. The van der Waals surface area contributed by atoms with E-state index < -0.39 is 20.0 Å². The Kier molecular flexibility index (Phi) is 58.4. The average molecular weight is 1110 g/mol. The zero-order valence-corrected chi connectivity index (χ0v) is 53.1. The number of phosphoric acid groups is 1. The molecular formula is C68H134N2O6P+. The van der Waals surface area contributed by atoms with Crippen molar-refractivity contribution in [3.63, 3.8) is 0 Å². The zero-order chi connectivity index (χ0) is 56.3. The highest BCUT2D eigenvalue weighted by Gasteiger charge is 2.28. The fourth-order valence-electron chi connectivity index (χ4n) is 10.3. The summed E-state index contributed by atoms with van der Waals surface area (Å²) < 4.78 is 23.8. The standard InChI is InChI=1S/C68H133N2O6P/c1-6-8-10-12-14-16-18-20-22-24-26-28-29-30-31-32-33-34-35-36-37-38-39-40-41-42-44-46-48-50-52-54-56-58-60-62-68(72)69-66(65-76-77(73,74)75-64-63-70(3,4)5)67(71)61-59-57-55-53-51-49-47-45-43-27-25-23-21-19-17-15-13-11-9-7-2/h32-33,51,53,59,61,66-67,71H,6-31,34-50,52,54-58,60,62-65H2,1-5H3,(H-,69,72,73,74)/p+1/b33-32-,53-51+,61-59+. The first-order valence-corrected chi connectivity index (χ1v) is 35.4. The number of rotatable bonds is 63. The van der Waals surface area contributed by atoms with Crippen molar-refractivity contribution in [3.8, 4) is 0 Å². The second-order valence-corrected chi connectivity index (χ2v) is 26.0. The summed E-state index contributed by atoms with van der Waals surface area (Å²) in [7, 11) is 1.57. The molecule has 0 rings (SSSR count). The number of aliphatic hydroxyl groups is 1. The highest BCUT2D eigenvalue weighted by atomic mass is 31.2. The van der Waals surface area contributed by atoms with E-state index in [0.29, 0.717) is 17.4 Å². The lowest BCUT2D eigenvalue weighted by atomic mass is 10.0. The number of allylic oxidation sites excluding steroid dienone is 5. The number of aliphatic hydroxyl groups excluding tert-OH is 1. The van der Waals surface area contributed by atoms with Gasteiger partial charge in [-0.2, -0.15) is 0 Å². The van der Waals surface area contributed by atoms with Gasteiger partial charge in [-0.25, -0.2) is 4.57 Å². The van der Waals surface area contributed by atoms with Crippen LogP contribution in [0.5, 0.6) is 0 Å². The van der Waals surface area contributed by atoms with E-state index in [0.717, 1.165) is 38.5 Å². The van der Waals surface area contributed by atoms with Gasteiger partial charge < -0.3 is 19.8 Å². The van der Waals surface area contributed by atoms with Crippen molar-refractivity contribution < 1.29 is 32.9 Å². The van der Waals surface area contributed by atoms with E-state index in [2.05, 4.69) is 43.5 Å². The summed E-state index contributed by atoms with van der Waals surface area (Å²) in [6, 6.07) is -0.863. The van der Waals surface area contributed by atoms with E-state index in [-0.39, 0.29) is 19.1 Å². The first kappa shape index (κ1) is 75.7. The van der Waals surface area contributed by atoms with Crippen molar-refractivity contribution in [2.24, 2.45) is 0 Å². The lowest BCUT2D eigenvalue weighted by Crippen LogP contribution is -2.45. The third-order valence-electron chi connectivity index (χ3n) is 15.6. The third-order valence-corrected chi connectivity index (χ3v) is 16.6. The van der Waals surface area contributed by atoms with Gasteiger partial charge in [0, 0.05) is 6.42 Å². The van der Waals surface area contributed by atoms with Gasteiger partial charge in [0.2, 0.25) is 5.91 Å². The number of carbonyl (C=O) groups excluding carboxylic acids is 1. The molecule has 0 aliphatic heterocycles. The lowest BCUT2D eigenvalue weighted by Gasteiger charge is -2.25. The minimum Gasteiger partial charge on any atom is -0.387 e. The molecule has 0 radical (unpaired) electrons. The predicted molar refractivity (Wildman–Crippen MR) is 337 cm³/mol. The van der Waals surface area contributed by atoms with Gasteiger partial charge in [-0.3, -0.25) is 13.8 Å². The van der Waals surface area contributed by atoms with Crippen LogP contribution < -0.4 is 5.32 Å². The maximum Gasteiger partial charge on any atom is 0.472 e. The molecule has 0 aliphatic rings. The number of likely N-dealkylation sites (N-methyl/N-ethyl adjacent to an activating group) is 1. The van der Waals surface area contributed by atoms with E-state index in [1.54, 1.807) is 6.08 Å². The van der Waals surface area contributed by atoms with Crippen molar-refractivity contribution >= 4 is 13.7 Å². The Bertz CT molecular complexity index is 1350. The maximum absolute atomic E-state index is 13.0. The first-order chi connectivity index (χ1) is 37.5. The van der Waals surface area contributed by atoms with Crippen molar-refractivity contribution in [3.05, 3.63) is 36.5 Å². The number of amides is 1. The fourth-order valence-corrected chi connectivity index (χ4v) is 11.0. The van der Waals surface area contributed by atoms with Gasteiger partial charge in [-0.1, -0.05) is 314 Å². The summed E-state index contributed by atoms with van der Waals surface area (Å²) in [4.78, 5) is 23.4. The molecule has 1 amide bonds. The lowest BCUT2D eigenvalue weighted by molar-refractivity contribution is -0.870. The third kappa shape index (κ3) is 62.2. The van der Waals surface area contributed by atoms with E-state index in [1.165, 1.54) is 283 Å². The van der Waals surface area contributed by atoms with Crippen LogP contribution in [0.3, 0.4) is 0 Å². The Morgan fingerprint density at radius 2 is 0.714 bits per heavy atom. The number of hydrogen-bond donors (Lipinski definition) is 3. The maximum atomic E-state index is 13.0. The average Bonchev–Trinajstić information content (AvgIpc) is 3.39. The minimum absolute atomic E-state index is 0.0577. The molecule has 0 aromatic rings. The van der Waals surface area contributed by atoms with Gasteiger partial charge in [0.15, 0.2) is 0 Å². The molecule has 0 saturated carbocycles.